The lowest BCUT2D eigenvalue weighted by Gasteiger charge is -2.17. The van der Waals surface area contributed by atoms with Crippen molar-refractivity contribution in [2.24, 2.45) is 7.05 Å². The van der Waals surface area contributed by atoms with Crippen LogP contribution in [0.15, 0.2) is 45.9 Å². The van der Waals surface area contributed by atoms with E-state index < -0.39 is 28.5 Å². The van der Waals surface area contributed by atoms with Crippen LogP contribution < -0.4 is 5.32 Å². The Morgan fingerprint density at radius 1 is 1.21 bits per heavy atom. The van der Waals surface area contributed by atoms with Gasteiger partial charge in [0, 0.05) is 30.8 Å². The van der Waals surface area contributed by atoms with Crippen molar-refractivity contribution in [3.05, 3.63) is 46.7 Å². The Kier molecular flexibility index (Phi) is 7.39. The molecule has 1 amide bonds. The average molecular weight is 472 g/mol. The van der Waals surface area contributed by atoms with Crippen molar-refractivity contribution >= 4 is 43.5 Å². The molecule has 1 aromatic carbocycles. The molecule has 0 atom stereocenters. The Labute approximate surface area is 172 Å². The zero-order valence-electron chi connectivity index (χ0n) is 15.8. The summed E-state index contributed by atoms with van der Waals surface area (Å²) in [6.45, 7) is 3.63. The summed E-state index contributed by atoms with van der Waals surface area (Å²) in [6, 6.07) is 8.28. The highest BCUT2D eigenvalue weighted by atomic mass is 79.9. The molecule has 0 saturated heterocycles. The standard InChI is InChI=1S/C18H22BrN3O5S/c1-4-22(5-2)28(25,26)13-10-16(21(3)11-13)18(24)27-12-17(23)20-15-9-7-6-8-14(15)19/h6-11H,4-5,12H2,1-3H3,(H,20,23). The first-order valence-electron chi connectivity index (χ1n) is 8.58. The van der Waals surface area contributed by atoms with Crippen LogP contribution in [-0.4, -0.2) is 48.9 Å². The molecule has 8 nitrogen and oxygen atoms in total. The first-order valence-corrected chi connectivity index (χ1v) is 10.8. The van der Waals surface area contributed by atoms with Crippen LogP contribution in [0.2, 0.25) is 0 Å². The van der Waals surface area contributed by atoms with Crippen LogP contribution in [-0.2, 0) is 26.6 Å². The van der Waals surface area contributed by atoms with Crippen molar-refractivity contribution < 1.29 is 22.7 Å². The maximum absolute atomic E-state index is 12.6. The molecule has 2 aromatic rings. The zero-order chi connectivity index (χ0) is 20.9. The van der Waals surface area contributed by atoms with Crippen molar-refractivity contribution in [3.63, 3.8) is 0 Å². The zero-order valence-corrected chi connectivity index (χ0v) is 18.2. The maximum atomic E-state index is 12.6. The van der Waals surface area contributed by atoms with Crippen LogP contribution in [0.1, 0.15) is 24.3 Å². The highest BCUT2D eigenvalue weighted by Crippen LogP contribution is 2.21. The fraction of sp³-hybridized carbons (Fsp3) is 0.333. The van der Waals surface area contributed by atoms with Gasteiger partial charge in [-0.2, -0.15) is 4.31 Å². The van der Waals surface area contributed by atoms with Gasteiger partial charge in [0.15, 0.2) is 6.61 Å². The fourth-order valence-corrected chi connectivity index (χ4v) is 4.46. The lowest BCUT2D eigenvalue weighted by molar-refractivity contribution is -0.119. The van der Waals surface area contributed by atoms with Gasteiger partial charge in [0.05, 0.1) is 5.69 Å². The van der Waals surface area contributed by atoms with Gasteiger partial charge in [0.2, 0.25) is 10.0 Å². The molecule has 0 spiro atoms. The van der Waals surface area contributed by atoms with Crippen LogP contribution >= 0.6 is 15.9 Å². The fourth-order valence-electron chi connectivity index (χ4n) is 2.54. The molecule has 152 valence electrons. The molecule has 0 saturated carbocycles. The highest BCUT2D eigenvalue weighted by Gasteiger charge is 2.26. The summed E-state index contributed by atoms with van der Waals surface area (Å²) >= 11 is 3.31. The summed E-state index contributed by atoms with van der Waals surface area (Å²) in [6.07, 6.45) is 1.35. The van der Waals surface area contributed by atoms with Crippen molar-refractivity contribution in [2.75, 3.05) is 25.0 Å². The van der Waals surface area contributed by atoms with Gasteiger partial charge < -0.3 is 14.6 Å². The van der Waals surface area contributed by atoms with E-state index in [2.05, 4.69) is 21.2 Å². The second kappa shape index (κ2) is 9.35. The third-order valence-electron chi connectivity index (χ3n) is 4.01. The quantitative estimate of drug-likeness (QED) is 0.596. The number of hydrogen-bond donors (Lipinski definition) is 1. The summed E-state index contributed by atoms with van der Waals surface area (Å²) in [5.41, 5.74) is 0.592. The smallest absolute Gasteiger partial charge is 0.355 e. The van der Waals surface area contributed by atoms with Crippen molar-refractivity contribution in [3.8, 4) is 0 Å². The summed E-state index contributed by atoms with van der Waals surface area (Å²) in [5.74, 6) is -1.30. The predicted molar refractivity (Wildman–Crippen MR) is 109 cm³/mol. The monoisotopic (exact) mass is 471 g/mol. The van der Waals surface area contributed by atoms with Gasteiger partial charge in [0.25, 0.3) is 5.91 Å². The number of amides is 1. The third kappa shape index (κ3) is 5.00. The number of sulfonamides is 1. The van der Waals surface area contributed by atoms with Gasteiger partial charge in [-0.25, -0.2) is 13.2 Å². The van der Waals surface area contributed by atoms with Crippen LogP contribution in [0.4, 0.5) is 5.69 Å². The molecule has 0 radical (unpaired) electrons. The lowest BCUT2D eigenvalue weighted by atomic mass is 10.3. The SMILES string of the molecule is CCN(CC)S(=O)(=O)c1cc(C(=O)OCC(=O)Nc2ccccc2Br)n(C)c1. The Morgan fingerprint density at radius 2 is 1.86 bits per heavy atom. The summed E-state index contributed by atoms with van der Waals surface area (Å²) in [4.78, 5) is 24.3. The number of carbonyl (C=O) groups is 2. The van der Waals surface area contributed by atoms with E-state index in [0.717, 1.165) is 0 Å². The van der Waals surface area contributed by atoms with Gasteiger partial charge in [-0.3, -0.25) is 4.79 Å². The average Bonchev–Trinajstić information content (AvgIpc) is 3.05. The minimum Gasteiger partial charge on any atom is -0.451 e. The van der Waals surface area contributed by atoms with E-state index in [1.807, 2.05) is 0 Å². The molecule has 0 aliphatic heterocycles. The third-order valence-corrected chi connectivity index (χ3v) is 6.72. The van der Waals surface area contributed by atoms with E-state index in [4.69, 9.17) is 4.74 Å². The highest BCUT2D eigenvalue weighted by molar-refractivity contribution is 9.10. The summed E-state index contributed by atoms with van der Waals surface area (Å²) in [5, 5.41) is 2.62. The number of aromatic nitrogens is 1. The van der Waals surface area contributed by atoms with E-state index in [0.29, 0.717) is 23.2 Å². The number of ether oxygens (including phenoxy) is 1. The van der Waals surface area contributed by atoms with Gasteiger partial charge >= 0.3 is 5.97 Å². The molecular weight excluding hydrogens is 450 g/mol. The molecule has 0 aliphatic carbocycles. The largest absolute Gasteiger partial charge is 0.451 e. The number of anilines is 1. The minimum absolute atomic E-state index is 0.00307. The van der Waals surface area contributed by atoms with E-state index in [-0.39, 0.29) is 10.6 Å². The number of para-hydroxylation sites is 1. The van der Waals surface area contributed by atoms with E-state index in [1.165, 1.54) is 21.1 Å². The number of nitrogens with one attached hydrogen (secondary N) is 1. The van der Waals surface area contributed by atoms with E-state index in [9.17, 15) is 18.0 Å². The van der Waals surface area contributed by atoms with Crippen molar-refractivity contribution in [1.82, 2.24) is 8.87 Å². The van der Waals surface area contributed by atoms with Crippen molar-refractivity contribution in [1.29, 1.82) is 0 Å². The molecule has 2 rings (SSSR count). The van der Waals surface area contributed by atoms with E-state index >= 15 is 0 Å². The van der Waals surface area contributed by atoms with Gasteiger partial charge in [0.1, 0.15) is 10.6 Å². The van der Waals surface area contributed by atoms with Crippen LogP contribution in [0, 0.1) is 0 Å². The molecule has 1 aromatic heterocycles. The number of hydrogen-bond acceptors (Lipinski definition) is 5. The number of benzene rings is 1. The number of nitrogens with zero attached hydrogens (tertiary/aromatic N) is 2. The van der Waals surface area contributed by atoms with E-state index in [1.54, 1.807) is 45.2 Å². The maximum Gasteiger partial charge on any atom is 0.355 e. The molecule has 1 heterocycles. The van der Waals surface area contributed by atoms with Crippen molar-refractivity contribution in [2.45, 2.75) is 18.7 Å². The lowest BCUT2D eigenvalue weighted by Crippen LogP contribution is -2.30. The molecule has 0 bridgehead atoms. The molecule has 10 heteroatoms. The second-order valence-electron chi connectivity index (χ2n) is 5.87. The van der Waals surface area contributed by atoms with Crippen LogP contribution in [0.3, 0.4) is 0 Å². The number of carbonyl (C=O) groups excluding carboxylic acids is 2. The molecule has 0 unspecified atom stereocenters. The van der Waals surface area contributed by atoms with Gasteiger partial charge in [-0.15, -0.1) is 0 Å². The van der Waals surface area contributed by atoms with Gasteiger partial charge in [-0.1, -0.05) is 26.0 Å². The number of halogens is 1. The Hall–Kier alpha value is -2.17. The van der Waals surface area contributed by atoms with Crippen LogP contribution in [0.5, 0.6) is 0 Å². The molecule has 28 heavy (non-hydrogen) atoms. The van der Waals surface area contributed by atoms with Crippen LogP contribution in [0.25, 0.3) is 0 Å². The topological polar surface area (TPSA) is 97.7 Å². The predicted octanol–water partition coefficient (Wildman–Crippen LogP) is 2.61. The first-order chi connectivity index (χ1) is 13.2. The summed E-state index contributed by atoms with van der Waals surface area (Å²) in [7, 11) is -2.15. The molecule has 1 N–H and O–H groups in total. The second-order valence-corrected chi connectivity index (χ2v) is 8.66. The Morgan fingerprint density at radius 3 is 2.46 bits per heavy atom. The molecule has 0 fully saturated rings. The molecule has 0 aliphatic rings. The molecular formula is C18H22BrN3O5S. The summed E-state index contributed by atoms with van der Waals surface area (Å²) < 4.78 is 33.5. The Balaban J connectivity index is 2.06. The number of aryl methyl sites for hydroxylation is 1. The number of esters is 1. The number of rotatable bonds is 8. The normalized spacial score (nSPS) is 11.5. The first kappa shape index (κ1) is 22.1. The van der Waals surface area contributed by atoms with Gasteiger partial charge in [-0.05, 0) is 34.1 Å². The minimum atomic E-state index is -3.69. The Bertz CT molecular complexity index is 967.